The topological polar surface area (TPSA) is 245 Å². The van der Waals surface area contributed by atoms with E-state index < -0.39 is 36.4 Å². The number of unbranched alkanes of at least 4 members (excludes halogenated alkanes) is 6. The first kappa shape index (κ1) is 83.6. The van der Waals surface area contributed by atoms with Gasteiger partial charge < -0.3 is 37.9 Å². The predicted octanol–water partition coefficient (Wildman–Crippen LogP) is 17.6. The third-order valence-corrected chi connectivity index (χ3v) is 15.5. The highest BCUT2D eigenvalue weighted by molar-refractivity contribution is 5.79. The highest BCUT2D eigenvalue weighted by Crippen LogP contribution is 2.25. The first-order valence-corrected chi connectivity index (χ1v) is 36.5. The number of hydrogen-bond donors (Lipinski definition) is 0. The number of hydrogen-bond acceptors (Lipinski definition) is 20. The summed E-state index contributed by atoms with van der Waals surface area (Å²) in [5.41, 5.74) is 8.16. The van der Waals surface area contributed by atoms with Crippen molar-refractivity contribution in [2.24, 2.45) is 0 Å². The normalized spacial score (nSPS) is 12.0. The van der Waals surface area contributed by atoms with Crippen molar-refractivity contribution in [2.75, 3.05) is 26.4 Å². The summed E-state index contributed by atoms with van der Waals surface area (Å²) in [4.78, 5) is 83.1. The lowest BCUT2D eigenvalue weighted by molar-refractivity contribution is -0.146. The van der Waals surface area contributed by atoms with Crippen molar-refractivity contribution >= 4 is 23.9 Å². The second kappa shape index (κ2) is 48.7. The van der Waals surface area contributed by atoms with Gasteiger partial charge in [-0.05, 0) is 218 Å². The van der Waals surface area contributed by atoms with Crippen molar-refractivity contribution in [2.45, 2.75) is 223 Å². The first-order valence-electron chi connectivity index (χ1n) is 36.5. The van der Waals surface area contributed by atoms with Crippen LogP contribution in [-0.2, 0) is 63.8 Å². The fourth-order valence-corrected chi connectivity index (χ4v) is 9.47. The summed E-state index contributed by atoms with van der Waals surface area (Å²) in [7, 11) is 0. The minimum Gasteiger partial charge on any atom is -0.425 e. The van der Waals surface area contributed by atoms with E-state index in [1.54, 1.807) is 76.2 Å². The van der Waals surface area contributed by atoms with Gasteiger partial charge in [0.15, 0.2) is 47.7 Å². The molecule has 0 amide bonds. The first-order chi connectivity index (χ1) is 49.5. The number of benzene rings is 4. The standard InChI is InChI=1S/C22H30N2O3.C21H28N2O3.C20H26N2O3.C19H24N2O3/c1-4-6-7-8-9-18-15-23-21(24-16-18)19-10-12-20(13-11-19)27-22(25)17(3)26-14-5-2;1-4-6-7-8-17-14-22-20(23-15-17)18-9-11-19(12-10-18)26-21(24)16(3)25-13-5-2;1-4-6-7-16-13-21-19(22-14-16)17-8-10-18(11-9-17)25-20(23)15(3)24-12-5-2;1-4-6-15-12-20-18(21-13-15)16-7-9-17(10-8-16)24-19(22)14(3)23-11-5-2/h10-13,15-17H,4-9,14H2,1-3H3;9-12,14-16H,4-8,13H2,1-3H3;8-11,13-15H,4-7,12H2,1-3H3;7-10,12-14H,4-6,11H2,1-3H3. The molecule has 4 aromatic heterocycles. The summed E-state index contributed by atoms with van der Waals surface area (Å²) in [5, 5.41) is 0. The van der Waals surface area contributed by atoms with E-state index >= 15 is 0 Å². The van der Waals surface area contributed by atoms with Gasteiger partial charge in [-0.15, -0.1) is 0 Å². The van der Waals surface area contributed by atoms with Gasteiger partial charge >= 0.3 is 23.9 Å². The minimum atomic E-state index is -0.571. The quantitative estimate of drug-likeness (QED) is 0.0198. The summed E-state index contributed by atoms with van der Waals surface area (Å²) in [6, 6.07) is 28.8. The molecule has 20 nitrogen and oxygen atoms in total. The number of aromatic nitrogens is 8. The second-order valence-corrected chi connectivity index (χ2v) is 24.6. The van der Waals surface area contributed by atoms with E-state index in [0.29, 0.717) is 72.7 Å². The summed E-state index contributed by atoms with van der Waals surface area (Å²) in [6.45, 7) is 25.6. The van der Waals surface area contributed by atoms with E-state index in [4.69, 9.17) is 37.9 Å². The van der Waals surface area contributed by atoms with Crippen LogP contribution in [0.1, 0.15) is 195 Å². The molecule has 0 bridgehead atoms. The molecule has 8 aromatic rings. The molecule has 0 fully saturated rings. The van der Waals surface area contributed by atoms with Gasteiger partial charge in [0, 0.05) is 98.3 Å². The number of esters is 4. The maximum absolute atomic E-state index is 12.0. The molecular formula is C82H108N8O12. The van der Waals surface area contributed by atoms with Gasteiger partial charge in [0.1, 0.15) is 23.0 Å². The van der Waals surface area contributed by atoms with Gasteiger partial charge in [-0.25, -0.2) is 59.0 Å². The molecule has 4 aromatic carbocycles. The zero-order valence-corrected chi connectivity index (χ0v) is 62.2. The summed E-state index contributed by atoms with van der Waals surface area (Å²) in [6.07, 6.45) is 32.1. The van der Waals surface area contributed by atoms with Crippen LogP contribution >= 0.6 is 0 Å². The maximum atomic E-state index is 12.0. The molecule has 8 rings (SSSR count). The van der Waals surface area contributed by atoms with E-state index in [-0.39, 0.29) is 11.9 Å². The minimum absolute atomic E-state index is 0.389. The smallest absolute Gasteiger partial charge is 0.340 e. The van der Waals surface area contributed by atoms with E-state index in [9.17, 15) is 19.2 Å². The molecule has 548 valence electrons. The van der Waals surface area contributed by atoms with Crippen molar-refractivity contribution in [3.05, 3.63) is 169 Å². The molecule has 0 spiro atoms. The number of carbonyl (C=O) groups is 4. The Morgan fingerprint density at radius 2 is 0.480 bits per heavy atom. The molecule has 4 unspecified atom stereocenters. The third-order valence-electron chi connectivity index (χ3n) is 15.5. The van der Waals surface area contributed by atoms with Gasteiger partial charge in [0.2, 0.25) is 0 Å². The third kappa shape index (κ3) is 31.4. The van der Waals surface area contributed by atoms with Crippen molar-refractivity contribution < 1.29 is 57.1 Å². The van der Waals surface area contributed by atoms with Crippen molar-refractivity contribution in [1.29, 1.82) is 0 Å². The Bertz CT molecular complexity index is 3600. The summed E-state index contributed by atoms with van der Waals surface area (Å²) < 4.78 is 42.8. The van der Waals surface area contributed by atoms with E-state index in [1.807, 2.05) is 126 Å². The van der Waals surface area contributed by atoms with Crippen LogP contribution in [0.25, 0.3) is 45.6 Å². The van der Waals surface area contributed by atoms with Crippen LogP contribution in [0.5, 0.6) is 23.0 Å². The molecule has 0 radical (unpaired) electrons. The lowest BCUT2D eigenvalue weighted by Gasteiger charge is -2.12. The van der Waals surface area contributed by atoms with Gasteiger partial charge in [0.05, 0.1) is 0 Å². The molecule has 0 aliphatic heterocycles. The molecule has 0 N–H and O–H groups in total. The van der Waals surface area contributed by atoms with E-state index in [2.05, 4.69) is 67.6 Å². The van der Waals surface area contributed by atoms with E-state index in [0.717, 1.165) is 110 Å². The van der Waals surface area contributed by atoms with Crippen LogP contribution < -0.4 is 18.9 Å². The lowest BCUT2D eigenvalue weighted by Crippen LogP contribution is -2.26. The Morgan fingerprint density at radius 1 is 0.265 bits per heavy atom. The average Bonchev–Trinajstić information content (AvgIpc) is 0.887. The largest absolute Gasteiger partial charge is 0.425 e. The fraction of sp³-hybridized carbons (Fsp3) is 0.463. The van der Waals surface area contributed by atoms with E-state index in [1.165, 1.54) is 50.5 Å². The SMILES string of the molecule is CCCCCCc1cnc(-c2ccc(OC(=O)C(C)OCCC)cc2)nc1.CCCCCc1cnc(-c2ccc(OC(=O)C(C)OCCC)cc2)nc1.CCCCc1cnc(-c2ccc(OC(=O)C(C)OCCC)cc2)nc1.CCCOC(C)C(=O)Oc1ccc(-c2ncc(CCC)cn2)cc1. The predicted molar refractivity (Wildman–Crippen MR) is 399 cm³/mol. The monoisotopic (exact) mass is 1400 g/mol. The molecule has 0 aliphatic rings. The molecular weight excluding hydrogens is 1290 g/mol. The van der Waals surface area contributed by atoms with Crippen molar-refractivity contribution in [3.63, 3.8) is 0 Å². The average molecular weight is 1400 g/mol. The van der Waals surface area contributed by atoms with Crippen LogP contribution in [0.3, 0.4) is 0 Å². The zero-order chi connectivity index (χ0) is 73.7. The maximum Gasteiger partial charge on any atom is 0.340 e. The number of carbonyl (C=O) groups excluding carboxylic acids is 4. The van der Waals surface area contributed by atoms with Gasteiger partial charge in [-0.1, -0.05) is 100 Å². The fourth-order valence-electron chi connectivity index (χ4n) is 9.47. The Labute approximate surface area is 604 Å². The van der Waals surface area contributed by atoms with Crippen LogP contribution in [-0.4, -0.2) is 115 Å². The van der Waals surface area contributed by atoms with Crippen LogP contribution in [0, 0.1) is 0 Å². The molecule has 0 aliphatic carbocycles. The highest BCUT2D eigenvalue weighted by atomic mass is 16.6. The lowest BCUT2D eigenvalue weighted by atomic mass is 10.1. The second-order valence-electron chi connectivity index (χ2n) is 24.6. The molecule has 20 heteroatoms. The summed E-state index contributed by atoms with van der Waals surface area (Å²) in [5.74, 6) is 3.05. The molecule has 4 atom stereocenters. The molecule has 0 saturated carbocycles. The molecule has 102 heavy (non-hydrogen) atoms. The van der Waals surface area contributed by atoms with Gasteiger partial charge in [0.25, 0.3) is 0 Å². The van der Waals surface area contributed by atoms with Gasteiger partial charge in [-0.3, -0.25) is 0 Å². The number of ether oxygens (including phenoxy) is 8. The van der Waals surface area contributed by atoms with Crippen LogP contribution in [0.2, 0.25) is 0 Å². The highest BCUT2D eigenvalue weighted by Gasteiger charge is 2.20. The molecule has 4 heterocycles. The molecule has 0 saturated heterocycles. The Kier molecular flexibility index (Phi) is 39.9. The van der Waals surface area contributed by atoms with Crippen LogP contribution in [0.4, 0.5) is 0 Å². The number of aryl methyl sites for hydroxylation is 4. The number of rotatable bonds is 38. The Hall–Kier alpha value is -9.08. The Balaban J connectivity index is 0.000000245. The van der Waals surface area contributed by atoms with Crippen LogP contribution in [0.15, 0.2) is 147 Å². The summed E-state index contributed by atoms with van der Waals surface area (Å²) >= 11 is 0. The zero-order valence-electron chi connectivity index (χ0n) is 62.2. The Morgan fingerprint density at radius 3 is 0.706 bits per heavy atom. The van der Waals surface area contributed by atoms with Gasteiger partial charge in [-0.2, -0.15) is 0 Å². The van der Waals surface area contributed by atoms with Crippen molar-refractivity contribution in [1.82, 2.24) is 39.9 Å². The van der Waals surface area contributed by atoms with Crippen molar-refractivity contribution in [3.8, 4) is 68.5 Å². The number of nitrogens with zero attached hydrogens (tertiary/aromatic N) is 8.